The van der Waals surface area contributed by atoms with Crippen LogP contribution in [0.15, 0.2) is 34.8 Å². The molecule has 0 fully saturated rings. The van der Waals surface area contributed by atoms with E-state index in [0.717, 1.165) is 10.2 Å². The molecule has 5 nitrogen and oxygen atoms in total. The zero-order chi connectivity index (χ0) is 14.7. The van der Waals surface area contributed by atoms with Crippen LogP contribution in [0.25, 0.3) is 0 Å². The van der Waals surface area contributed by atoms with Crippen molar-refractivity contribution < 1.29 is 19.4 Å². The third-order valence-electron chi connectivity index (χ3n) is 2.63. The number of nitrogens with zero attached hydrogens (tertiary/aromatic N) is 1. The van der Waals surface area contributed by atoms with Gasteiger partial charge in [0.2, 0.25) is 5.88 Å². The molecule has 6 heteroatoms. The van der Waals surface area contributed by atoms with Gasteiger partial charge in [0.15, 0.2) is 0 Å². The number of aromatic carboxylic acids is 1. The molecule has 0 saturated carbocycles. The average molecular weight is 338 g/mol. The molecule has 1 aromatic carbocycles. The van der Waals surface area contributed by atoms with E-state index < -0.39 is 5.97 Å². The van der Waals surface area contributed by atoms with Crippen LogP contribution in [0.2, 0.25) is 0 Å². The smallest absolute Gasteiger partial charge is 0.339 e. The Morgan fingerprint density at radius 1 is 1.30 bits per heavy atom. The number of methoxy groups -OCH3 is 1. The number of carboxylic acid groups (broad SMARTS) is 1. The van der Waals surface area contributed by atoms with Crippen LogP contribution >= 0.6 is 15.9 Å². The molecule has 2 rings (SSSR count). The molecule has 0 amide bonds. The van der Waals surface area contributed by atoms with E-state index in [0.29, 0.717) is 11.6 Å². The molecule has 0 aliphatic carbocycles. The first kappa shape index (κ1) is 14.3. The lowest BCUT2D eigenvalue weighted by Gasteiger charge is -2.10. The van der Waals surface area contributed by atoms with Crippen molar-refractivity contribution in [1.29, 1.82) is 0 Å². The molecule has 0 aliphatic rings. The highest BCUT2D eigenvalue weighted by atomic mass is 79.9. The Bertz CT molecular complexity index is 658. The Hall–Kier alpha value is -2.08. The maximum Gasteiger partial charge on any atom is 0.339 e. The number of aryl methyl sites for hydroxylation is 1. The van der Waals surface area contributed by atoms with Crippen LogP contribution in [-0.4, -0.2) is 23.2 Å². The van der Waals surface area contributed by atoms with E-state index in [2.05, 4.69) is 20.9 Å². The van der Waals surface area contributed by atoms with Crippen molar-refractivity contribution in [3.05, 3.63) is 46.1 Å². The molecule has 0 atom stereocenters. The lowest BCUT2D eigenvalue weighted by atomic mass is 10.2. The van der Waals surface area contributed by atoms with Gasteiger partial charge in [-0.3, -0.25) is 0 Å². The quantitative estimate of drug-likeness (QED) is 0.922. The Labute approximate surface area is 124 Å². The van der Waals surface area contributed by atoms with Crippen LogP contribution in [0, 0.1) is 6.92 Å². The number of ether oxygens (including phenoxy) is 2. The largest absolute Gasteiger partial charge is 0.497 e. The first-order valence-corrected chi connectivity index (χ1v) is 6.53. The Kier molecular flexibility index (Phi) is 4.24. The highest BCUT2D eigenvalue weighted by Gasteiger charge is 2.14. The maximum absolute atomic E-state index is 11.2. The highest BCUT2D eigenvalue weighted by molar-refractivity contribution is 9.10. The fraction of sp³-hybridized carbons (Fsp3) is 0.143. The summed E-state index contributed by atoms with van der Waals surface area (Å²) in [6.07, 6.45) is 0. The lowest BCUT2D eigenvalue weighted by Crippen LogP contribution is -2.01. The van der Waals surface area contributed by atoms with Crippen molar-refractivity contribution >= 4 is 21.9 Å². The Morgan fingerprint density at radius 2 is 2.05 bits per heavy atom. The summed E-state index contributed by atoms with van der Waals surface area (Å²) in [6.45, 7) is 1.82. The van der Waals surface area contributed by atoms with E-state index in [1.54, 1.807) is 18.2 Å². The van der Waals surface area contributed by atoms with Crippen LogP contribution in [0.1, 0.15) is 16.1 Å². The number of pyridine rings is 1. The molecular weight excluding hydrogens is 326 g/mol. The maximum atomic E-state index is 11.2. The standard InChI is InChI=1S/C14H12BrNO4/c1-8-11(15)5-6-13(16-8)20-12-7-9(19-2)3-4-10(12)14(17)18/h3-7H,1-2H3,(H,17,18). The van der Waals surface area contributed by atoms with E-state index >= 15 is 0 Å². The molecular formula is C14H12BrNO4. The number of benzene rings is 1. The van der Waals surface area contributed by atoms with Gasteiger partial charge in [0, 0.05) is 16.6 Å². The van der Waals surface area contributed by atoms with Gasteiger partial charge in [-0.05, 0) is 41.1 Å². The number of hydrogen-bond donors (Lipinski definition) is 1. The van der Waals surface area contributed by atoms with E-state index in [9.17, 15) is 4.79 Å². The summed E-state index contributed by atoms with van der Waals surface area (Å²) >= 11 is 3.34. The monoisotopic (exact) mass is 337 g/mol. The Balaban J connectivity index is 2.40. The second-order valence-electron chi connectivity index (χ2n) is 3.99. The Morgan fingerprint density at radius 3 is 2.65 bits per heavy atom. The summed E-state index contributed by atoms with van der Waals surface area (Å²) in [4.78, 5) is 15.4. The second-order valence-corrected chi connectivity index (χ2v) is 4.84. The van der Waals surface area contributed by atoms with Crippen LogP contribution < -0.4 is 9.47 Å². The summed E-state index contributed by atoms with van der Waals surface area (Å²) in [6, 6.07) is 7.96. The molecule has 0 radical (unpaired) electrons. The van der Waals surface area contributed by atoms with E-state index in [4.69, 9.17) is 14.6 Å². The van der Waals surface area contributed by atoms with Crippen molar-refractivity contribution in [3.63, 3.8) is 0 Å². The van der Waals surface area contributed by atoms with Gasteiger partial charge in [0.05, 0.1) is 12.8 Å². The molecule has 0 saturated heterocycles. The van der Waals surface area contributed by atoms with Crippen molar-refractivity contribution in [2.45, 2.75) is 6.92 Å². The summed E-state index contributed by atoms with van der Waals surface area (Å²) in [7, 11) is 1.50. The molecule has 0 unspecified atom stereocenters. The van der Waals surface area contributed by atoms with Gasteiger partial charge in [-0.1, -0.05) is 0 Å². The zero-order valence-corrected chi connectivity index (χ0v) is 12.5. The van der Waals surface area contributed by atoms with Crippen LogP contribution in [0.3, 0.4) is 0 Å². The molecule has 1 N–H and O–H groups in total. The number of carboxylic acids is 1. The second kappa shape index (κ2) is 5.92. The zero-order valence-electron chi connectivity index (χ0n) is 10.9. The fourth-order valence-electron chi connectivity index (χ4n) is 1.58. The highest BCUT2D eigenvalue weighted by Crippen LogP contribution is 2.29. The predicted octanol–water partition coefficient (Wildman–Crippen LogP) is 3.65. The molecule has 0 bridgehead atoms. The van der Waals surface area contributed by atoms with Crippen LogP contribution in [0.4, 0.5) is 0 Å². The van der Waals surface area contributed by atoms with Crippen molar-refractivity contribution in [2.24, 2.45) is 0 Å². The SMILES string of the molecule is COc1ccc(C(=O)O)c(Oc2ccc(Br)c(C)n2)c1. The first-order chi connectivity index (χ1) is 9.51. The van der Waals surface area contributed by atoms with Gasteiger partial charge in [-0.15, -0.1) is 0 Å². The fourth-order valence-corrected chi connectivity index (χ4v) is 1.80. The molecule has 1 aromatic heterocycles. The normalized spacial score (nSPS) is 10.2. The van der Waals surface area contributed by atoms with Crippen molar-refractivity contribution in [2.75, 3.05) is 7.11 Å². The topological polar surface area (TPSA) is 68.7 Å². The van der Waals surface area contributed by atoms with E-state index in [1.165, 1.54) is 19.2 Å². The third-order valence-corrected chi connectivity index (χ3v) is 3.47. The number of carbonyl (C=O) groups is 1. The van der Waals surface area contributed by atoms with E-state index in [1.807, 2.05) is 6.92 Å². The number of hydrogen-bond acceptors (Lipinski definition) is 4. The minimum absolute atomic E-state index is 0.0492. The van der Waals surface area contributed by atoms with Crippen LogP contribution in [0.5, 0.6) is 17.4 Å². The summed E-state index contributed by atoms with van der Waals surface area (Å²) in [5, 5.41) is 9.16. The minimum atomic E-state index is -1.07. The molecule has 1 heterocycles. The summed E-state index contributed by atoms with van der Waals surface area (Å²) in [5.41, 5.74) is 0.801. The van der Waals surface area contributed by atoms with Crippen molar-refractivity contribution in [1.82, 2.24) is 4.98 Å². The summed E-state index contributed by atoms with van der Waals surface area (Å²) < 4.78 is 11.5. The van der Waals surface area contributed by atoms with Crippen LogP contribution in [-0.2, 0) is 0 Å². The predicted molar refractivity (Wildman–Crippen MR) is 76.7 cm³/mol. The van der Waals surface area contributed by atoms with Gasteiger partial charge in [0.1, 0.15) is 17.1 Å². The van der Waals surface area contributed by atoms with Gasteiger partial charge in [0.25, 0.3) is 0 Å². The number of aromatic nitrogens is 1. The lowest BCUT2D eigenvalue weighted by molar-refractivity contribution is 0.0694. The van der Waals surface area contributed by atoms with Gasteiger partial charge < -0.3 is 14.6 Å². The molecule has 104 valence electrons. The average Bonchev–Trinajstić information content (AvgIpc) is 2.42. The van der Waals surface area contributed by atoms with Gasteiger partial charge in [-0.2, -0.15) is 0 Å². The molecule has 20 heavy (non-hydrogen) atoms. The third kappa shape index (κ3) is 3.08. The molecule has 0 spiro atoms. The van der Waals surface area contributed by atoms with Gasteiger partial charge in [-0.25, -0.2) is 9.78 Å². The molecule has 0 aliphatic heterocycles. The van der Waals surface area contributed by atoms with Crippen molar-refractivity contribution in [3.8, 4) is 17.4 Å². The number of rotatable bonds is 4. The van der Waals surface area contributed by atoms with E-state index in [-0.39, 0.29) is 11.3 Å². The number of halogens is 1. The molecule has 2 aromatic rings. The minimum Gasteiger partial charge on any atom is -0.497 e. The summed E-state index contributed by atoms with van der Waals surface area (Å²) in [5.74, 6) is -0.0529. The van der Waals surface area contributed by atoms with Gasteiger partial charge >= 0.3 is 5.97 Å². The first-order valence-electron chi connectivity index (χ1n) is 5.73.